The summed E-state index contributed by atoms with van der Waals surface area (Å²) in [5.41, 5.74) is 5.52. The van der Waals surface area contributed by atoms with Crippen LogP contribution in [0.15, 0.2) is 0 Å². The zero-order valence-electron chi connectivity index (χ0n) is 8.27. The topological polar surface area (TPSA) is 67.2 Å². The molecular weight excluding hydrogens is 154 g/mol. The third-order valence-electron chi connectivity index (χ3n) is 1.81. The second-order valence-corrected chi connectivity index (χ2v) is 3.88. The van der Waals surface area contributed by atoms with E-state index in [0.717, 1.165) is 0 Å². The van der Waals surface area contributed by atoms with E-state index in [4.69, 9.17) is 5.73 Å². The number of rotatable bonds is 2. The van der Waals surface area contributed by atoms with Crippen molar-refractivity contribution in [2.45, 2.75) is 26.8 Å². The molecule has 0 bridgehead atoms. The van der Waals surface area contributed by atoms with Crippen molar-refractivity contribution in [3.8, 4) is 0 Å². The van der Waals surface area contributed by atoms with Gasteiger partial charge in [0, 0.05) is 19.6 Å². The first-order chi connectivity index (χ1) is 5.41. The molecule has 1 atom stereocenters. The van der Waals surface area contributed by atoms with E-state index in [2.05, 4.69) is 10.6 Å². The summed E-state index contributed by atoms with van der Waals surface area (Å²) in [6, 6.07) is -0.169. The van der Waals surface area contributed by atoms with Gasteiger partial charge in [-0.1, -0.05) is 20.8 Å². The highest BCUT2D eigenvalue weighted by atomic mass is 16.2. The molecule has 0 aliphatic heterocycles. The van der Waals surface area contributed by atoms with E-state index in [9.17, 15) is 4.79 Å². The highest BCUT2D eigenvalue weighted by Gasteiger charge is 2.24. The van der Waals surface area contributed by atoms with Crippen molar-refractivity contribution >= 4 is 6.03 Å². The largest absolute Gasteiger partial charge is 0.341 e. The van der Waals surface area contributed by atoms with Gasteiger partial charge in [-0.15, -0.1) is 0 Å². The number of urea groups is 1. The Balaban J connectivity index is 4.09. The van der Waals surface area contributed by atoms with Crippen LogP contribution in [-0.4, -0.2) is 25.7 Å². The van der Waals surface area contributed by atoms with Gasteiger partial charge in [-0.05, 0) is 5.41 Å². The molecule has 1 unspecified atom stereocenters. The Morgan fingerprint density at radius 1 is 1.50 bits per heavy atom. The number of hydrogen-bond donors (Lipinski definition) is 3. The molecule has 12 heavy (non-hydrogen) atoms. The maximum atomic E-state index is 11.0. The lowest BCUT2D eigenvalue weighted by Gasteiger charge is -2.30. The van der Waals surface area contributed by atoms with Gasteiger partial charge in [0.15, 0.2) is 0 Å². The van der Waals surface area contributed by atoms with Crippen LogP contribution in [0.2, 0.25) is 0 Å². The summed E-state index contributed by atoms with van der Waals surface area (Å²) in [6.45, 7) is 6.58. The standard InChI is InChI=1S/C8H19N3O/c1-8(2,3)6(5-9)11-7(12)10-4/h6H,5,9H2,1-4H3,(H2,10,11,12). The first-order valence-corrected chi connectivity index (χ1v) is 4.10. The van der Waals surface area contributed by atoms with E-state index in [0.29, 0.717) is 6.54 Å². The molecule has 0 aliphatic carbocycles. The Morgan fingerprint density at radius 2 is 2.00 bits per heavy atom. The lowest BCUT2D eigenvalue weighted by Crippen LogP contribution is -2.50. The third-order valence-corrected chi connectivity index (χ3v) is 1.81. The van der Waals surface area contributed by atoms with Gasteiger partial charge < -0.3 is 16.4 Å². The molecule has 4 nitrogen and oxygen atoms in total. The number of nitrogens with two attached hydrogens (primary N) is 1. The van der Waals surface area contributed by atoms with Gasteiger partial charge in [-0.2, -0.15) is 0 Å². The van der Waals surface area contributed by atoms with Crippen LogP contribution in [0.25, 0.3) is 0 Å². The summed E-state index contributed by atoms with van der Waals surface area (Å²) >= 11 is 0. The first-order valence-electron chi connectivity index (χ1n) is 4.10. The minimum Gasteiger partial charge on any atom is -0.341 e. The highest BCUT2D eigenvalue weighted by Crippen LogP contribution is 2.17. The van der Waals surface area contributed by atoms with Crippen LogP contribution in [0.4, 0.5) is 4.79 Å². The predicted molar refractivity (Wildman–Crippen MR) is 49.9 cm³/mol. The normalized spacial score (nSPS) is 13.8. The van der Waals surface area contributed by atoms with Crippen molar-refractivity contribution in [3.63, 3.8) is 0 Å². The lowest BCUT2D eigenvalue weighted by molar-refractivity contribution is 0.221. The molecule has 0 aromatic carbocycles. The van der Waals surface area contributed by atoms with Crippen LogP contribution in [0, 0.1) is 5.41 Å². The molecule has 0 saturated carbocycles. The molecule has 0 aliphatic rings. The van der Waals surface area contributed by atoms with Crippen LogP contribution in [0.3, 0.4) is 0 Å². The summed E-state index contributed by atoms with van der Waals surface area (Å²) < 4.78 is 0. The van der Waals surface area contributed by atoms with E-state index in [1.807, 2.05) is 20.8 Å². The Bertz CT molecular complexity index is 151. The monoisotopic (exact) mass is 173 g/mol. The molecule has 0 saturated heterocycles. The van der Waals surface area contributed by atoms with Gasteiger partial charge >= 0.3 is 6.03 Å². The van der Waals surface area contributed by atoms with Gasteiger partial charge in [0.1, 0.15) is 0 Å². The molecule has 72 valence electrons. The minimum absolute atomic E-state index is 0.00125. The van der Waals surface area contributed by atoms with Crippen LogP contribution in [0.5, 0.6) is 0 Å². The summed E-state index contributed by atoms with van der Waals surface area (Å²) in [5, 5.41) is 5.28. The zero-order valence-corrected chi connectivity index (χ0v) is 8.27. The number of nitrogens with one attached hydrogen (secondary N) is 2. The van der Waals surface area contributed by atoms with Crippen molar-refractivity contribution < 1.29 is 4.79 Å². The van der Waals surface area contributed by atoms with Crippen LogP contribution in [-0.2, 0) is 0 Å². The fourth-order valence-corrected chi connectivity index (χ4v) is 0.859. The van der Waals surface area contributed by atoms with Crippen LogP contribution in [0.1, 0.15) is 20.8 Å². The van der Waals surface area contributed by atoms with Gasteiger partial charge in [0.2, 0.25) is 0 Å². The average Bonchev–Trinajstić information content (AvgIpc) is 1.97. The van der Waals surface area contributed by atoms with E-state index < -0.39 is 0 Å². The van der Waals surface area contributed by atoms with Crippen LogP contribution >= 0.6 is 0 Å². The van der Waals surface area contributed by atoms with Crippen molar-refractivity contribution in [2.75, 3.05) is 13.6 Å². The van der Waals surface area contributed by atoms with Crippen LogP contribution < -0.4 is 16.4 Å². The average molecular weight is 173 g/mol. The van der Waals surface area contributed by atoms with E-state index in [1.165, 1.54) is 0 Å². The molecular formula is C8H19N3O. The Labute approximate surface area is 73.9 Å². The van der Waals surface area contributed by atoms with Gasteiger partial charge in [0.25, 0.3) is 0 Å². The first kappa shape index (κ1) is 11.2. The SMILES string of the molecule is CNC(=O)NC(CN)C(C)(C)C. The minimum atomic E-state index is -0.180. The van der Waals surface area contributed by atoms with E-state index in [1.54, 1.807) is 7.05 Å². The fraction of sp³-hybridized carbons (Fsp3) is 0.875. The smallest absolute Gasteiger partial charge is 0.314 e. The van der Waals surface area contributed by atoms with Crippen molar-refractivity contribution in [1.29, 1.82) is 0 Å². The second kappa shape index (κ2) is 4.30. The molecule has 4 N–H and O–H groups in total. The molecule has 0 aromatic heterocycles. The van der Waals surface area contributed by atoms with Gasteiger partial charge in [0.05, 0.1) is 0 Å². The molecule has 0 fully saturated rings. The molecule has 4 heteroatoms. The molecule has 0 radical (unpaired) electrons. The quantitative estimate of drug-likeness (QED) is 0.562. The Hall–Kier alpha value is -0.770. The maximum Gasteiger partial charge on any atom is 0.314 e. The number of carbonyl (C=O) groups is 1. The van der Waals surface area contributed by atoms with Gasteiger partial charge in [-0.3, -0.25) is 0 Å². The van der Waals surface area contributed by atoms with Crippen molar-refractivity contribution in [3.05, 3.63) is 0 Å². The van der Waals surface area contributed by atoms with Gasteiger partial charge in [-0.25, -0.2) is 4.79 Å². The molecule has 0 heterocycles. The molecule has 0 spiro atoms. The third kappa shape index (κ3) is 3.57. The number of hydrogen-bond acceptors (Lipinski definition) is 2. The summed E-state index contributed by atoms with van der Waals surface area (Å²) in [4.78, 5) is 11.0. The second-order valence-electron chi connectivity index (χ2n) is 3.88. The molecule has 0 aromatic rings. The van der Waals surface area contributed by atoms with Crippen molar-refractivity contribution in [2.24, 2.45) is 11.1 Å². The Kier molecular flexibility index (Phi) is 4.03. The summed E-state index contributed by atoms with van der Waals surface area (Å²) in [6.07, 6.45) is 0. The predicted octanol–water partition coefficient (Wildman–Crippen LogP) is 0.289. The van der Waals surface area contributed by atoms with Crippen molar-refractivity contribution in [1.82, 2.24) is 10.6 Å². The number of carbonyl (C=O) groups excluding carboxylic acids is 1. The summed E-state index contributed by atoms with van der Waals surface area (Å²) in [5.74, 6) is 0. The highest BCUT2D eigenvalue weighted by molar-refractivity contribution is 5.73. The van der Waals surface area contributed by atoms with E-state index >= 15 is 0 Å². The fourth-order valence-electron chi connectivity index (χ4n) is 0.859. The summed E-state index contributed by atoms with van der Waals surface area (Å²) in [7, 11) is 1.59. The van der Waals surface area contributed by atoms with E-state index in [-0.39, 0.29) is 17.5 Å². The Morgan fingerprint density at radius 3 is 2.25 bits per heavy atom. The maximum absolute atomic E-state index is 11.0. The molecule has 2 amide bonds. The lowest BCUT2D eigenvalue weighted by atomic mass is 9.87. The molecule has 0 rings (SSSR count). The zero-order chi connectivity index (χ0) is 9.78. The number of amides is 2.